The lowest BCUT2D eigenvalue weighted by molar-refractivity contribution is -0.134. The number of aromatic nitrogens is 1. The van der Waals surface area contributed by atoms with Gasteiger partial charge in [-0.3, -0.25) is 9.78 Å². The van der Waals surface area contributed by atoms with E-state index in [0.717, 1.165) is 5.56 Å². The second kappa shape index (κ2) is 4.39. The van der Waals surface area contributed by atoms with E-state index in [1.165, 1.54) is 6.20 Å². The number of sulfone groups is 1. The maximum atomic E-state index is 11.3. The van der Waals surface area contributed by atoms with Crippen molar-refractivity contribution < 1.29 is 18.3 Å². The van der Waals surface area contributed by atoms with Gasteiger partial charge in [-0.25, -0.2) is 8.42 Å². The van der Waals surface area contributed by atoms with Gasteiger partial charge in [0.05, 0.1) is 11.4 Å². The highest BCUT2D eigenvalue weighted by molar-refractivity contribution is 7.91. The zero-order chi connectivity index (χ0) is 11.5. The zero-order valence-electron chi connectivity index (χ0n) is 8.17. The number of nitrogens with zero attached hydrogens (tertiary/aromatic N) is 1. The van der Waals surface area contributed by atoms with Crippen molar-refractivity contribution in [2.45, 2.75) is 12.7 Å². The van der Waals surface area contributed by atoms with E-state index in [2.05, 4.69) is 4.98 Å². The standard InChI is InChI=1S/C9H11NO4S/c1-7-3-2-4-10-8(7)5-15(13,14)6-9(11)12/h2-4H,5-6H2,1H3,(H,11,12). The minimum absolute atomic E-state index is 0.327. The number of hydrogen-bond donors (Lipinski definition) is 1. The number of aryl methyl sites for hydroxylation is 1. The van der Waals surface area contributed by atoms with Crippen molar-refractivity contribution in [3.05, 3.63) is 29.6 Å². The van der Waals surface area contributed by atoms with Gasteiger partial charge in [0.1, 0.15) is 5.75 Å². The van der Waals surface area contributed by atoms with Gasteiger partial charge >= 0.3 is 5.97 Å². The summed E-state index contributed by atoms with van der Waals surface area (Å²) in [6, 6.07) is 3.43. The fourth-order valence-electron chi connectivity index (χ4n) is 1.12. The molecule has 1 rings (SSSR count). The Balaban J connectivity index is 2.87. The summed E-state index contributed by atoms with van der Waals surface area (Å²) in [5.74, 6) is -2.53. The van der Waals surface area contributed by atoms with Crippen molar-refractivity contribution in [3.8, 4) is 0 Å². The average molecular weight is 229 g/mol. The molecule has 0 saturated heterocycles. The normalized spacial score (nSPS) is 11.3. The molecule has 0 aliphatic carbocycles. The molecule has 15 heavy (non-hydrogen) atoms. The number of hydrogen-bond acceptors (Lipinski definition) is 4. The molecule has 0 radical (unpaired) electrons. The minimum atomic E-state index is -3.62. The molecule has 0 aliphatic heterocycles. The number of aliphatic carboxylic acids is 1. The third-order valence-electron chi connectivity index (χ3n) is 1.82. The number of pyridine rings is 1. The van der Waals surface area contributed by atoms with Gasteiger partial charge in [-0.05, 0) is 18.6 Å². The Kier molecular flexibility index (Phi) is 3.41. The zero-order valence-corrected chi connectivity index (χ0v) is 8.99. The summed E-state index contributed by atoms with van der Waals surface area (Å²) in [5, 5.41) is 8.40. The second-order valence-corrected chi connectivity index (χ2v) is 5.26. The molecule has 0 atom stereocenters. The summed E-state index contributed by atoms with van der Waals surface area (Å²) in [4.78, 5) is 14.2. The van der Waals surface area contributed by atoms with Crippen molar-refractivity contribution in [2.75, 3.05) is 5.75 Å². The van der Waals surface area contributed by atoms with Crippen LogP contribution in [0.2, 0.25) is 0 Å². The van der Waals surface area contributed by atoms with E-state index in [0.29, 0.717) is 5.69 Å². The van der Waals surface area contributed by atoms with Gasteiger partial charge in [-0.1, -0.05) is 6.07 Å². The number of rotatable bonds is 4. The Morgan fingerprint density at radius 2 is 2.20 bits per heavy atom. The van der Waals surface area contributed by atoms with E-state index in [1.807, 2.05) is 0 Å². The van der Waals surface area contributed by atoms with Crippen LogP contribution in [0.4, 0.5) is 0 Å². The van der Waals surface area contributed by atoms with Crippen molar-refractivity contribution in [1.29, 1.82) is 0 Å². The Hall–Kier alpha value is -1.43. The predicted octanol–water partition coefficient (Wildman–Crippen LogP) is 0.389. The molecule has 0 fully saturated rings. The highest BCUT2D eigenvalue weighted by atomic mass is 32.2. The molecular weight excluding hydrogens is 218 g/mol. The maximum absolute atomic E-state index is 11.3. The van der Waals surface area contributed by atoms with Gasteiger partial charge in [0.25, 0.3) is 0 Å². The minimum Gasteiger partial charge on any atom is -0.480 e. The average Bonchev–Trinajstić information content (AvgIpc) is 2.06. The fraction of sp³-hybridized carbons (Fsp3) is 0.333. The molecule has 1 aromatic heterocycles. The first-order chi connectivity index (χ1) is 6.91. The van der Waals surface area contributed by atoms with Gasteiger partial charge in [0.15, 0.2) is 9.84 Å². The fourth-order valence-corrected chi connectivity index (χ4v) is 2.31. The number of carboxylic acids is 1. The molecule has 6 heteroatoms. The van der Waals surface area contributed by atoms with E-state index in [9.17, 15) is 13.2 Å². The van der Waals surface area contributed by atoms with Gasteiger partial charge in [-0.2, -0.15) is 0 Å². The van der Waals surface area contributed by atoms with Gasteiger partial charge in [0.2, 0.25) is 0 Å². The third kappa shape index (κ3) is 3.67. The Morgan fingerprint density at radius 3 is 2.73 bits per heavy atom. The van der Waals surface area contributed by atoms with Crippen LogP contribution in [-0.2, 0) is 20.4 Å². The van der Waals surface area contributed by atoms with Gasteiger partial charge in [-0.15, -0.1) is 0 Å². The van der Waals surface area contributed by atoms with Crippen LogP contribution >= 0.6 is 0 Å². The number of carboxylic acid groups (broad SMARTS) is 1. The summed E-state index contributed by atoms with van der Waals surface area (Å²) in [6.45, 7) is 1.73. The smallest absolute Gasteiger partial charge is 0.318 e. The second-order valence-electron chi connectivity index (χ2n) is 3.19. The summed E-state index contributed by atoms with van der Waals surface area (Å²) in [6.07, 6.45) is 1.48. The van der Waals surface area contributed by atoms with E-state index in [1.54, 1.807) is 19.1 Å². The van der Waals surface area contributed by atoms with E-state index < -0.39 is 21.6 Å². The van der Waals surface area contributed by atoms with Gasteiger partial charge in [0, 0.05) is 6.20 Å². The molecular formula is C9H11NO4S. The Bertz CT molecular complexity index is 467. The molecule has 0 spiro atoms. The van der Waals surface area contributed by atoms with Crippen LogP contribution in [0.15, 0.2) is 18.3 Å². The lowest BCUT2D eigenvalue weighted by atomic mass is 10.2. The Labute approximate surface area is 87.7 Å². The molecule has 1 aromatic rings. The lowest BCUT2D eigenvalue weighted by Gasteiger charge is -2.03. The largest absolute Gasteiger partial charge is 0.480 e. The Morgan fingerprint density at radius 1 is 1.53 bits per heavy atom. The van der Waals surface area contributed by atoms with Crippen LogP contribution in [0.3, 0.4) is 0 Å². The van der Waals surface area contributed by atoms with Crippen LogP contribution in [0, 0.1) is 6.92 Å². The molecule has 0 bridgehead atoms. The van der Waals surface area contributed by atoms with Gasteiger partial charge < -0.3 is 5.11 Å². The lowest BCUT2D eigenvalue weighted by Crippen LogP contribution is -2.17. The van der Waals surface area contributed by atoms with Crippen LogP contribution in [0.5, 0.6) is 0 Å². The highest BCUT2D eigenvalue weighted by Gasteiger charge is 2.18. The molecule has 82 valence electrons. The van der Waals surface area contributed by atoms with Crippen molar-refractivity contribution in [2.24, 2.45) is 0 Å². The molecule has 0 unspecified atom stereocenters. The van der Waals surface area contributed by atoms with Crippen LogP contribution in [0.25, 0.3) is 0 Å². The first-order valence-electron chi connectivity index (χ1n) is 4.23. The summed E-state index contributed by atoms with van der Waals surface area (Å²) in [7, 11) is -3.62. The molecule has 0 saturated carbocycles. The van der Waals surface area contributed by atoms with Crippen LogP contribution in [0.1, 0.15) is 11.3 Å². The van der Waals surface area contributed by atoms with Crippen molar-refractivity contribution in [3.63, 3.8) is 0 Å². The molecule has 0 aliphatic rings. The number of carbonyl (C=O) groups is 1. The summed E-state index contributed by atoms with van der Waals surface area (Å²) in [5.41, 5.74) is 1.14. The summed E-state index contributed by atoms with van der Waals surface area (Å²) < 4.78 is 22.7. The molecule has 1 N–H and O–H groups in total. The predicted molar refractivity (Wildman–Crippen MR) is 54.1 cm³/mol. The maximum Gasteiger partial charge on any atom is 0.318 e. The first-order valence-corrected chi connectivity index (χ1v) is 6.05. The van der Waals surface area contributed by atoms with E-state index in [4.69, 9.17) is 5.11 Å². The molecule has 0 aromatic carbocycles. The molecule has 0 amide bonds. The monoisotopic (exact) mass is 229 g/mol. The van der Waals surface area contributed by atoms with Crippen molar-refractivity contribution >= 4 is 15.8 Å². The van der Waals surface area contributed by atoms with Crippen LogP contribution < -0.4 is 0 Å². The SMILES string of the molecule is Cc1cccnc1CS(=O)(=O)CC(=O)O. The van der Waals surface area contributed by atoms with E-state index >= 15 is 0 Å². The molecule has 1 heterocycles. The quantitative estimate of drug-likeness (QED) is 0.807. The van der Waals surface area contributed by atoms with Crippen LogP contribution in [-0.4, -0.2) is 30.2 Å². The topological polar surface area (TPSA) is 84.3 Å². The molecule has 5 nitrogen and oxygen atoms in total. The van der Waals surface area contributed by atoms with E-state index in [-0.39, 0.29) is 5.75 Å². The third-order valence-corrected chi connectivity index (χ3v) is 3.22. The first kappa shape index (κ1) is 11.6. The summed E-state index contributed by atoms with van der Waals surface area (Å²) >= 11 is 0. The highest BCUT2D eigenvalue weighted by Crippen LogP contribution is 2.08. The van der Waals surface area contributed by atoms with Crippen molar-refractivity contribution in [1.82, 2.24) is 4.98 Å².